The fourth-order valence-corrected chi connectivity index (χ4v) is 13.3. The van der Waals surface area contributed by atoms with Gasteiger partial charge in [0.25, 0.3) is 0 Å². The first kappa shape index (κ1) is 51.7. The third-order valence-electron chi connectivity index (χ3n) is 16.0. The lowest BCUT2D eigenvalue weighted by Crippen LogP contribution is -2.38. The average molecular weight is 1080 g/mol. The standard InChI is InChI=1S/C30H26O10.C30H24O9/c1-10(31)25-24-22-16-11(9-30(25,2)36)28(39-5)26(34)17-12(32)7-14(37-3)19(21(16)17)20-15(38-4)8-13(33)18(23(20)22)27(35)29(24)40-6;1-10-7-12-18-23-19(27(34)29(12)38-5)13(32)8-15(36-3)21(23)22-16(37-4)9-14(33)20-25(22)24(18)26(17(10)11(2)31)30(39-6)28(20)35/h7-8,25,34-36H,9H2,1-6H3;8-9,34-35H,7H2,1-6H3. The highest BCUT2D eigenvalue weighted by molar-refractivity contribution is 6.42. The number of methoxy groups -OCH3 is 8. The molecule has 2 aliphatic rings. The molecule has 2 aliphatic carbocycles. The zero-order valence-corrected chi connectivity index (χ0v) is 44.8. The van der Waals surface area contributed by atoms with Crippen LogP contribution in [0.15, 0.2) is 49.0 Å². The van der Waals surface area contributed by atoms with Crippen LogP contribution in [0.1, 0.15) is 55.9 Å². The second-order valence-electron chi connectivity index (χ2n) is 20.0. The van der Waals surface area contributed by atoms with Crippen LogP contribution in [0, 0.1) is 0 Å². The summed E-state index contributed by atoms with van der Waals surface area (Å²) in [6, 6.07) is 4.94. The molecule has 0 fully saturated rings. The number of phenolic OH excluding ortho intramolecular Hbond substituents is 4. The van der Waals surface area contributed by atoms with Crippen molar-refractivity contribution in [3.8, 4) is 69.0 Å². The molecule has 404 valence electrons. The van der Waals surface area contributed by atoms with Crippen molar-refractivity contribution in [3.05, 3.63) is 93.0 Å². The summed E-state index contributed by atoms with van der Waals surface area (Å²) in [5, 5.41) is 61.7. The summed E-state index contributed by atoms with van der Waals surface area (Å²) >= 11 is 0. The molecule has 10 aromatic carbocycles. The molecule has 5 N–H and O–H groups in total. The highest BCUT2D eigenvalue weighted by Gasteiger charge is 2.46. The average Bonchev–Trinajstić information content (AvgIpc) is 2.14. The molecule has 0 bridgehead atoms. The SMILES string of the molecule is COc1c(O)c2c(=O)cc(OC)c3c4c(OC)cc(=O)c5c(O)c(OC)c6c(c(c1CC(C)(O)C6C(C)=O)c23)c54.COc1c(O)c2c(=O)cc(OC)c3c4c(OC)cc(=O)c5c(O)c(OC)c6c(c(c1CC(C)=C6C(C)=O)c23)c54. The second-order valence-corrected chi connectivity index (χ2v) is 20.0. The van der Waals surface area contributed by atoms with Crippen LogP contribution in [0.4, 0.5) is 0 Å². The summed E-state index contributed by atoms with van der Waals surface area (Å²) in [6.07, 6.45) is -0.0148. The highest BCUT2D eigenvalue weighted by Crippen LogP contribution is 2.61. The molecule has 19 nitrogen and oxygen atoms in total. The van der Waals surface area contributed by atoms with E-state index in [1.807, 2.05) is 0 Å². The van der Waals surface area contributed by atoms with Crippen LogP contribution in [0.5, 0.6) is 69.0 Å². The number of aromatic hydroxyl groups is 4. The molecule has 12 rings (SSSR count). The van der Waals surface area contributed by atoms with Gasteiger partial charge in [0.05, 0.1) is 89.9 Å². The molecule has 2 unspecified atom stereocenters. The Morgan fingerprint density at radius 1 is 0.456 bits per heavy atom. The predicted molar refractivity (Wildman–Crippen MR) is 297 cm³/mol. The maximum absolute atomic E-state index is 13.5. The Labute approximate surface area is 445 Å². The third-order valence-corrected chi connectivity index (χ3v) is 16.0. The number of hydrogen-bond acceptors (Lipinski definition) is 19. The molecule has 0 spiro atoms. The van der Waals surface area contributed by atoms with E-state index in [2.05, 4.69) is 0 Å². The van der Waals surface area contributed by atoms with Gasteiger partial charge in [-0.2, -0.15) is 0 Å². The molecule has 0 saturated carbocycles. The molecule has 79 heavy (non-hydrogen) atoms. The number of fused-ring (bicyclic) bond motifs is 2. The van der Waals surface area contributed by atoms with Crippen molar-refractivity contribution < 1.29 is 73.0 Å². The van der Waals surface area contributed by atoms with Crippen LogP contribution in [0.25, 0.3) is 91.8 Å². The minimum atomic E-state index is -1.78. The van der Waals surface area contributed by atoms with Gasteiger partial charge in [-0.3, -0.25) is 28.8 Å². The Hall–Kier alpha value is -9.36. The van der Waals surface area contributed by atoms with Crippen molar-refractivity contribution in [3.63, 3.8) is 0 Å². The molecule has 0 heterocycles. The Bertz CT molecular complexity index is 4710. The van der Waals surface area contributed by atoms with E-state index in [-0.39, 0.29) is 114 Å². The first-order chi connectivity index (χ1) is 37.6. The molecule has 2 atom stereocenters. The summed E-state index contributed by atoms with van der Waals surface area (Å²) in [5.74, 6) is -3.20. The zero-order chi connectivity index (χ0) is 57.1. The Morgan fingerprint density at radius 2 is 0.797 bits per heavy atom. The van der Waals surface area contributed by atoms with Crippen LogP contribution in [0.2, 0.25) is 0 Å². The van der Waals surface area contributed by atoms with Crippen LogP contribution in [-0.4, -0.2) is 99.6 Å². The van der Waals surface area contributed by atoms with Gasteiger partial charge in [0, 0.05) is 107 Å². The predicted octanol–water partition coefficient (Wildman–Crippen LogP) is 7.58. The first-order valence-electron chi connectivity index (χ1n) is 24.6. The minimum absolute atomic E-state index is 0.00428. The van der Waals surface area contributed by atoms with E-state index in [0.717, 1.165) is 0 Å². The molecular formula is C60H50O19. The summed E-state index contributed by atoms with van der Waals surface area (Å²) in [5.41, 5.74) is -1.76. The Balaban J connectivity index is 0.000000167. The van der Waals surface area contributed by atoms with Gasteiger partial charge in [-0.1, -0.05) is 5.57 Å². The van der Waals surface area contributed by atoms with Crippen molar-refractivity contribution >= 4 is 103 Å². The fourth-order valence-electron chi connectivity index (χ4n) is 13.3. The van der Waals surface area contributed by atoms with Crippen molar-refractivity contribution in [1.82, 2.24) is 0 Å². The number of ketones is 2. The van der Waals surface area contributed by atoms with E-state index in [4.69, 9.17) is 37.9 Å². The van der Waals surface area contributed by atoms with E-state index < -0.39 is 56.3 Å². The number of hydrogen-bond donors (Lipinski definition) is 5. The normalized spacial score (nSPS) is 15.9. The maximum atomic E-state index is 13.5. The van der Waals surface area contributed by atoms with Crippen LogP contribution in [0.3, 0.4) is 0 Å². The molecule has 0 aliphatic heterocycles. The lowest BCUT2D eigenvalue weighted by Gasteiger charge is -2.32. The number of Topliss-reactive ketones (excluding diaryl/α,β-unsaturated/α-hetero) is 2. The van der Waals surface area contributed by atoms with Crippen molar-refractivity contribution in [2.24, 2.45) is 0 Å². The van der Waals surface area contributed by atoms with Crippen LogP contribution < -0.4 is 59.6 Å². The van der Waals surface area contributed by atoms with Crippen LogP contribution in [-0.2, 0) is 22.4 Å². The van der Waals surface area contributed by atoms with E-state index in [1.54, 1.807) is 6.92 Å². The second kappa shape index (κ2) is 17.6. The molecule has 0 saturated heterocycles. The zero-order valence-electron chi connectivity index (χ0n) is 44.8. The number of allylic oxidation sites excluding steroid dienone is 2. The van der Waals surface area contributed by atoms with Gasteiger partial charge in [0.2, 0.25) is 0 Å². The largest absolute Gasteiger partial charge is 0.504 e. The number of carbonyl (C=O) groups is 2. The first-order valence-corrected chi connectivity index (χ1v) is 24.6. The Kier molecular flexibility index (Phi) is 11.5. The number of phenols is 4. The lowest BCUT2D eigenvalue weighted by molar-refractivity contribution is -0.124. The van der Waals surface area contributed by atoms with Crippen molar-refractivity contribution in [2.45, 2.75) is 52.1 Å². The number of rotatable bonds is 10. The lowest BCUT2D eigenvalue weighted by atomic mass is 9.77. The quantitative estimate of drug-likeness (QED) is 0.0652. The number of ether oxygens (including phenoxy) is 8. The van der Waals surface area contributed by atoms with E-state index in [0.29, 0.717) is 76.1 Å². The molecule has 10 aromatic rings. The summed E-state index contributed by atoms with van der Waals surface area (Å²) in [7, 11) is 10.9. The Morgan fingerprint density at radius 3 is 1.16 bits per heavy atom. The summed E-state index contributed by atoms with van der Waals surface area (Å²) in [4.78, 5) is 80.5. The summed E-state index contributed by atoms with van der Waals surface area (Å²) < 4.78 is 45.2. The summed E-state index contributed by atoms with van der Waals surface area (Å²) in [6.45, 7) is 5.96. The molecule has 0 radical (unpaired) electrons. The maximum Gasteiger partial charge on any atom is 0.194 e. The van der Waals surface area contributed by atoms with Gasteiger partial charge >= 0.3 is 0 Å². The van der Waals surface area contributed by atoms with Crippen LogP contribution >= 0.6 is 0 Å². The smallest absolute Gasteiger partial charge is 0.194 e. The van der Waals surface area contributed by atoms with Gasteiger partial charge in [0.1, 0.15) is 28.8 Å². The number of aliphatic hydroxyl groups is 1. The topological polar surface area (TPSA) is 277 Å². The van der Waals surface area contributed by atoms with Crippen molar-refractivity contribution in [2.75, 3.05) is 56.9 Å². The van der Waals surface area contributed by atoms with Gasteiger partial charge in [0.15, 0.2) is 73.5 Å². The van der Waals surface area contributed by atoms with E-state index >= 15 is 0 Å². The molecule has 19 heteroatoms. The molecule has 0 amide bonds. The van der Waals surface area contributed by atoms with E-state index in [9.17, 15) is 54.3 Å². The molecule has 0 aromatic heterocycles. The van der Waals surface area contributed by atoms with Crippen molar-refractivity contribution in [1.29, 1.82) is 0 Å². The van der Waals surface area contributed by atoms with Gasteiger partial charge in [-0.05, 0) is 50.3 Å². The molecular weight excluding hydrogens is 1020 g/mol. The van der Waals surface area contributed by atoms with Gasteiger partial charge in [-0.15, -0.1) is 0 Å². The monoisotopic (exact) mass is 1070 g/mol. The number of carbonyl (C=O) groups excluding carboxylic acids is 2. The third kappa shape index (κ3) is 6.44. The van der Waals surface area contributed by atoms with Gasteiger partial charge in [-0.25, -0.2) is 0 Å². The fraction of sp³-hybridized carbons (Fsp3) is 0.267. The van der Waals surface area contributed by atoms with E-state index in [1.165, 1.54) is 102 Å². The highest BCUT2D eigenvalue weighted by atomic mass is 16.5. The number of benzene rings is 10. The van der Waals surface area contributed by atoms with Gasteiger partial charge < -0.3 is 63.4 Å². The minimum Gasteiger partial charge on any atom is -0.504 e.